The fraction of sp³-hybridized carbons (Fsp3) is 0.529. The molecule has 1 aromatic carbocycles. The number of nitrogens with one attached hydrogen (secondary N) is 1. The molecule has 1 aromatic rings. The second-order valence-electron chi connectivity index (χ2n) is 5.45. The molecule has 1 aliphatic heterocycles. The van der Waals surface area contributed by atoms with E-state index in [1.54, 1.807) is 21.3 Å². The number of guanidine groups is 1. The van der Waals surface area contributed by atoms with Crippen LogP contribution in [0.3, 0.4) is 0 Å². The summed E-state index contributed by atoms with van der Waals surface area (Å²) in [5.74, 6) is 2.02. The first-order valence-electron chi connectivity index (χ1n) is 7.89. The van der Waals surface area contributed by atoms with Crippen molar-refractivity contribution in [1.29, 1.82) is 0 Å². The Balaban J connectivity index is 0.00000312. The van der Waals surface area contributed by atoms with Gasteiger partial charge in [0.05, 0.1) is 27.8 Å². The predicted molar refractivity (Wildman–Crippen MR) is 107 cm³/mol. The lowest BCUT2D eigenvalue weighted by atomic mass is 9.99. The summed E-state index contributed by atoms with van der Waals surface area (Å²) < 4.78 is 15.4. The minimum atomic E-state index is -0.237. The predicted octanol–water partition coefficient (Wildman–Crippen LogP) is 1.82. The van der Waals surface area contributed by atoms with Crippen molar-refractivity contribution in [3.05, 3.63) is 23.3 Å². The number of ether oxygens (including phenoxy) is 3. The molecule has 1 aliphatic rings. The van der Waals surface area contributed by atoms with Crippen molar-refractivity contribution in [2.45, 2.75) is 19.4 Å². The Morgan fingerprint density at radius 1 is 1.20 bits per heavy atom. The molecule has 2 rings (SSSR count). The molecule has 0 bridgehead atoms. The second kappa shape index (κ2) is 10.3. The van der Waals surface area contributed by atoms with E-state index in [9.17, 15) is 4.79 Å². The van der Waals surface area contributed by atoms with E-state index in [4.69, 9.17) is 9.47 Å². The second-order valence-corrected chi connectivity index (χ2v) is 5.45. The monoisotopic (exact) mass is 463 g/mol. The van der Waals surface area contributed by atoms with Crippen LogP contribution in [0.15, 0.2) is 17.1 Å². The van der Waals surface area contributed by atoms with E-state index in [-0.39, 0.29) is 29.9 Å². The number of hydrogen-bond donors (Lipinski definition) is 1. The van der Waals surface area contributed by atoms with Crippen LogP contribution >= 0.6 is 24.0 Å². The van der Waals surface area contributed by atoms with Crippen LogP contribution in [0, 0.1) is 0 Å². The van der Waals surface area contributed by atoms with E-state index in [1.165, 1.54) is 18.2 Å². The summed E-state index contributed by atoms with van der Waals surface area (Å²) >= 11 is 0. The summed E-state index contributed by atoms with van der Waals surface area (Å²) in [5, 5.41) is 3.21. The highest BCUT2D eigenvalue weighted by Gasteiger charge is 2.21. The lowest BCUT2D eigenvalue weighted by Crippen LogP contribution is -2.44. The van der Waals surface area contributed by atoms with Crippen molar-refractivity contribution < 1.29 is 19.0 Å². The molecular formula is C17H26IN3O4. The van der Waals surface area contributed by atoms with Crippen LogP contribution in [0.1, 0.15) is 17.5 Å². The lowest BCUT2D eigenvalue weighted by molar-refractivity contribution is -0.140. The van der Waals surface area contributed by atoms with Gasteiger partial charge >= 0.3 is 5.97 Å². The van der Waals surface area contributed by atoms with Crippen molar-refractivity contribution in [1.82, 2.24) is 10.2 Å². The van der Waals surface area contributed by atoms with Gasteiger partial charge in [-0.2, -0.15) is 0 Å². The fourth-order valence-corrected chi connectivity index (χ4v) is 2.77. The molecule has 0 saturated carbocycles. The zero-order valence-corrected chi connectivity index (χ0v) is 17.5. The van der Waals surface area contributed by atoms with Gasteiger partial charge in [-0.3, -0.25) is 9.79 Å². The summed E-state index contributed by atoms with van der Waals surface area (Å²) in [4.78, 5) is 17.7. The molecule has 0 spiro atoms. The van der Waals surface area contributed by atoms with E-state index in [2.05, 4.69) is 19.9 Å². The number of esters is 1. The minimum Gasteiger partial charge on any atom is -0.493 e. The summed E-state index contributed by atoms with van der Waals surface area (Å²) in [7, 11) is 6.41. The molecule has 0 radical (unpaired) electrons. The molecule has 0 unspecified atom stereocenters. The van der Waals surface area contributed by atoms with Crippen molar-refractivity contribution >= 4 is 35.9 Å². The molecule has 25 heavy (non-hydrogen) atoms. The number of fused-ring (bicyclic) bond motifs is 1. The molecule has 0 saturated heterocycles. The maximum Gasteiger partial charge on any atom is 0.307 e. The van der Waals surface area contributed by atoms with Crippen LogP contribution in [0.5, 0.6) is 11.5 Å². The lowest BCUT2D eigenvalue weighted by Gasteiger charge is -2.32. The third-order valence-electron chi connectivity index (χ3n) is 4.07. The molecule has 7 nitrogen and oxygen atoms in total. The van der Waals surface area contributed by atoms with Crippen LogP contribution in [0.25, 0.3) is 0 Å². The van der Waals surface area contributed by atoms with E-state index < -0.39 is 0 Å². The maximum absolute atomic E-state index is 11.2. The Morgan fingerprint density at radius 3 is 2.40 bits per heavy atom. The highest BCUT2D eigenvalue weighted by Crippen LogP contribution is 2.33. The Morgan fingerprint density at radius 2 is 1.84 bits per heavy atom. The standard InChI is InChI=1S/C17H25N3O4.HI/c1-18-17(19-7-5-16(21)24-4)20-8-6-12-9-14(22-2)15(23-3)10-13(12)11-20;/h9-10H,5-8,11H2,1-4H3,(H,18,19);1H. The normalized spacial score (nSPS) is 13.4. The molecule has 8 heteroatoms. The largest absolute Gasteiger partial charge is 0.493 e. The van der Waals surface area contributed by atoms with E-state index in [0.717, 1.165) is 37.0 Å². The molecule has 1 N–H and O–H groups in total. The van der Waals surface area contributed by atoms with Gasteiger partial charge < -0.3 is 24.4 Å². The van der Waals surface area contributed by atoms with Crippen molar-refractivity contribution in [3.63, 3.8) is 0 Å². The van der Waals surface area contributed by atoms with Gasteiger partial charge in [0.2, 0.25) is 0 Å². The number of carbonyl (C=O) groups is 1. The first kappa shape index (κ1) is 21.3. The van der Waals surface area contributed by atoms with Gasteiger partial charge in [0.1, 0.15) is 0 Å². The van der Waals surface area contributed by atoms with Crippen LogP contribution in [0.4, 0.5) is 0 Å². The van der Waals surface area contributed by atoms with E-state index >= 15 is 0 Å². The fourth-order valence-electron chi connectivity index (χ4n) is 2.77. The molecule has 1 heterocycles. The average molecular weight is 463 g/mol. The van der Waals surface area contributed by atoms with Crippen molar-refractivity contribution in [3.8, 4) is 11.5 Å². The number of halogens is 1. The maximum atomic E-state index is 11.2. The molecule has 0 amide bonds. The average Bonchev–Trinajstić information content (AvgIpc) is 2.63. The summed E-state index contributed by atoms with van der Waals surface area (Å²) in [6.07, 6.45) is 1.21. The number of aliphatic imine (C=N–C) groups is 1. The van der Waals surface area contributed by atoms with Gasteiger partial charge in [0, 0.05) is 26.7 Å². The number of hydrogen-bond acceptors (Lipinski definition) is 5. The van der Waals surface area contributed by atoms with Crippen molar-refractivity contribution in [2.75, 3.05) is 41.5 Å². The minimum absolute atomic E-state index is 0. The quantitative estimate of drug-likeness (QED) is 0.311. The van der Waals surface area contributed by atoms with Crippen LogP contribution in [-0.2, 0) is 22.5 Å². The van der Waals surface area contributed by atoms with Crippen LogP contribution in [0.2, 0.25) is 0 Å². The summed E-state index contributed by atoms with van der Waals surface area (Å²) in [6, 6.07) is 4.06. The van der Waals surface area contributed by atoms with Crippen molar-refractivity contribution in [2.24, 2.45) is 4.99 Å². The Bertz CT molecular complexity index is 622. The number of carbonyl (C=O) groups excluding carboxylic acids is 1. The first-order chi connectivity index (χ1) is 11.6. The molecular weight excluding hydrogens is 437 g/mol. The summed E-state index contributed by atoms with van der Waals surface area (Å²) in [5.41, 5.74) is 2.45. The number of methoxy groups -OCH3 is 3. The van der Waals surface area contributed by atoms with Gasteiger partial charge in [0.25, 0.3) is 0 Å². The Kier molecular flexibility index (Phi) is 8.81. The molecule has 140 valence electrons. The smallest absolute Gasteiger partial charge is 0.307 e. The highest BCUT2D eigenvalue weighted by molar-refractivity contribution is 14.0. The van der Waals surface area contributed by atoms with E-state index in [0.29, 0.717) is 13.0 Å². The van der Waals surface area contributed by atoms with Gasteiger partial charge in [0.15, 0.2) is 17.5 Å². The number of nitrogens with zero attached hydrogens (tertiary/aromatic N) is 2. The Labute approximate surface area is 165 Å². The van der Waals surface area contributed by atoms with Gasteiger partial charge in [-0.15, -0.1) is 24.0 Å². The molecule has 0 fully saturated rings. The first-order valence-corrected chi connectivity index (χ1v) is 7.89. The highest BCUT2D eigenvalue weighted by atomic mass is 127. The molecule has 0 aromatic heterocycles. The van der Waals surface area contributed by atoms with Gasteiger partial charge in [-0.25, -0.2) is 0 Å². The van der Waals surface area contributed by atoms with E-state index in [1.807, 2.05) is 12.1 Å². The zero-order chi connectivity index (χ0) is 17.5. The number of benzene rings is 1. The third kappa shape index (κ3) is 5.38. The topological polar surface area (TPSA) is 72.4 Å². The SMILES string of the molecule is CN=C(NCCC(=O)OC)N1CCc2cc(OC)c(OC)cc2C1.I. The number of rotatable bonds is 5. The van der Waals surface area contributed by atoms with Crippen LogP contribution in [-0.4, -0.2) is 58.3 Å². The van der Waals surface area contributed by atoms with Gasteiger partial charge in [-0.05, 0) is 29.7 Å². The molecule has 0 atom stereocenters. The summed E-state index contributed by atoms with van der Waals surface area (Å²) in [6.45, 7) is 2.07. The molecule has 0 aliphatic carbocycles. The third-order valence-corrected chi connectivity index (χ3v) is 4.07. The Hall–Kier alpha value is -1.71. The van der Waals surface area contributed by atoms with Gasteiger partial charge in [-0.1, -0.05) is 0 Å². The zero-order valence-electron chi connectivity index (χ0n) is 15.1. The van der Waals surface area contributed by atoms with Crippen LogP contribution < -0.4 is 14.8 Å².